The number of carbonyl (C=O) groups is 1. The van der Waals surface area contributed by atoms with Crippen molar-refractivity contribution in [1.29, 1.82) is 0 Å². The number of nitrogens with two attached hydrogens (primary N) is 1. The summed E-state index contributed by atoms with van der Waals surface area (Å²) in [7, 11) is 0. The van der Waals surface area contributed by atoms with E-state index in [4.69, 9.17) is 5.73 Å². The van der Waals surface area contributed by atoms with Crippen molar-refractivity contribution in [1.82, 2.24) is 0 Å². The fourth-order valence-electron chi connectivity index (χ4n) is 2.40. The standard InChI is InChI=1S/C15H23N3O.ClH/c1-12-6-9-18(10-7-12)14-4-2-3-13(11-14)17-15(19)5-8-16;/h2-4,11-12H,5-10,16H2,1H3,(H,17,19);1H. The van der Waals surface area contributed by atoms with Gasteiger partial charge in [-0.2, -0.15) is 0 Å². The lowest BCUT2D eigenvalue weighted by molar-refractivity contribution is -0.116. The van der Waals surface area contributed by atoms with Gasteiger partial charge in [0.25, 0.3) is 0 Å². The molecule has 1 amide bonds. The summed E-state index contributed by atoms with van der Waals surface area (Å²) in [6.45, 7) is 4.89. The molecule has 0 bridgehead atoms. The number of benzene rings is 1. The molecular formula is C15H24ClN3O. The Morgan fingerprint density at radius 1 is 1.40 bits per heavy atom. The van der Waals surface area contributed by atoms with E-state index in [9.17, 15) is 4.79 Å². The van der Waals surface area contributed by atoms with E-state index in [2.05, 4.69) is 23.2 Å². The highest BCUT2D eigenvalue weighted by Gasteiger charge is 2.16. The van der Waals surface area contributed by atoms with Crippen LogP contribution in [0.4, 0.5) is 11.4 Å². The predicted octanol–water partition coefficient (Wildman–Crippen LogP) is 2.63. The Bertz CT molecular complexity index is 431. The molecule has 3 N–H and O–H groups in total. The Labute approximate surface area is 127 Å². The molecular weight excluding hydrogens is 274 g/mol. The summed E-state index contributed by atoms with van der Waals surface area (Å²) in [6.07, 6.45) is 2.85. The molecule has 0 spiro atoms. The number of piperidine rings is 1. The van der Waals surface area contributed by atoms with Crippen LogP contribution in [0, 0.1) is 5.92 Å². The van der Waals surface area contributed by atoms with Crippen LogP contribution in [0.5, 0.6) is 0 Å². The third kappa shape index (κ3) is 4.69. The predicted molar refractivity (Wildman–Crippen MR) is 86.6 cm³/mol. The number of halogens is 1. The number of amides is 1. The van der Waals surface area contributed by atoms with Gasteiger partial charge < -0.3 is 16.0 Å². The van der Waals surface area contributed by atoms with E-state index in [1.807, 2.05) is 18.2 Å². The lowest BCUT2D eigenvalue weighted by atomic mass is 9.99. The molecule has 5 heteroatoms. The Balaban J connectivity index is 0.00000200. The highest BCUT2D eigenvalue weighted by atomic mass is 35.5. The number of anilines is 2. The van der Waals surface area contributed by atoms with Crippen LogP contribution in [0.15, 0.2) is 24.3 Å². The first-order valence-corrected chi connectivity index (χ1v) is 7.04. The number of hydrogen-bond acceptors (Lipinski definition) is 3. The highest BCUT2D eigenvalue weighted by Crippen LogP contribution is 2.25. The summed E-state index contributed by atoms with van der Waals surface area (Å²) in [5.41, 5.74) is 7.42. The van der Waals surface area contributed by atoms with Gasteiger partial charge in [0.1, 0.15) is 0 Å². The van der Waals surface area contributed by atoms with E-state index in [0.29, 0.717) is 13.0 Å². The SMILES string of the molecule is CC1CCN(c2cccc(NC(=O)CCN)c2)CC1.Cl. The molecule has 0 aromatic heterocycles. The van der Waals surface area contributed by atoms with Crippen LogP contribution in [0.2, 0.25) is 0 Å². The molecule has 0 aliphatic carbocycles. The van der Waals surface area contributed by atoms with Crippen molar-refractivity contribution in [3.8, 4) is 0 Å². The maximum absolute atomic E-state index is 11.5. The van der Waals surface area contributed by atoms with Crippen molar-refractivity contribution in [2.24, 2.45) is 11.7 Å². The minimum atomic E-state index is -0.0214. The van der Waals surface area contributed by atoms with Crippen molar-refractivity contribution >= 4 is 29.7 Å². The Kier molecular flexibility index (Phi) is 6.82. The van der Waals surface area contributed by atoms with E-state index < -0.39 is 0 Å². The lowest BCUT2D eigenvalue weighted by Gasteiger charge is -2.32. The summed E-state index contributed by atoms with van der Waals surface area (Å²) < 4.78 is 0. The van der Waals surface area contributed by atoms with Gasteiger partial charge in [-0.05, 0) is 37.0 Å². The maximum Gasteiger partial charge on any atom is 0.225 e. The summed E-state index contributed by atoms with van der Waals surface area (Å²) in [4.78, 5) is 13.9. The first-order chi connectivity index (χ1) is 9.19. The molecule has 20 heavy (non-hydrogen) atoms. The van der Waals surface area contributed by atoms with Gasteiger partial charge in [0.2, 0.25) is 5.91 Å². The molecule has 1 aliphatic heterocycles. The molecule has 4 nitrogen and oxygen atoms in total. The van der Waals surface area contributed by atoms with Crippen molar-refractivity contribution in [2.75, 3.05) is 29.9 Å². The number of carbonyl (C=O) groups excluding carboxylic acids is 1. The topological polar surface area (TPSA) is 58.4 Å². The number of nitrogens with zero attached hydrogens (tertiary/aromatic N) is 1. The molecule has 0 atom stereocenters. The van der Waals surface area contributed by atoms with Crippen LogP contribution in [-0.2, 0) is 4.79 Å². The van der Waals surface area contributed by atoms with Crippen molar-refractivity contribution in [2.45, 2.75) is 26.2 Å². The average molecular weight is 298 g/mol. The number of nitrogens with one attached hydrogen (secondary N) is 1. The fraction of sp³-hybridized carbons (Fsp3) is 0.533. The van der Waals surface area contributed by atoms with Gasteiger partial charge in [0, 0.05) is 37.4 Å². The van der Waals surface area contributed by atoms with Crippen LogP contribution in [0.1, 0.15) is 26.2 Å². The number of hydrogen-bond donors (Lipinski definition) is 2. The molecule has 1 heterocycles. The molecule has 0 radical (unpaired) electrons. The smallest absolute Gasteiger partial charge is 0.225 e. The van der Waals surface area contributed by atoms with Crippen LogP contribution in [0.25, 0.3) is 0 Å². The molecule has 0 unspecified atom stereocenters. The van der Waals surface area contributed by atoms with E-state index in [0.717, 1.165) is 24.7 Å². The van der Waals surface area contributed by atoms with E-state index in [-0.39, 0.29) is 18.3 Å². The maximum atomic E-state index is 11.5. The molecule has 1 saturated heterocycles. The van der Waals surface area contributed by atoms with Crippen LogP contribution in [-0.4, -0.2) is 25.5 Å². The molecule has 1 fully saturated rings. The Hall–Kier alpha value is -1.26. The third-order valence-corrected chi connectivity index (χ3v) is 3.65. The summed E-state index contributed by atoms with van der Waals surface area (Å²) >= 11 is 0. The van der Waals surface area contributed by atoms with E-state index in [1.165, 1.54) is 18.5 Å². The Morgan fingerprint density at radius 2 is 2.10 bits per heavy atom. The summed E-state index contributed by atoms with van der Waals surface area (Å²) in [5.74, 6) is 0.801. The second-order valence-electron chi connectivity index (χ2n) is 5.31. The van der Waals surface area contributed by atoms with Crippen molar-refractivity contribution in [3.05, 3.63) is 24.3 Å². The molecule has 1 aliphatic rings. The van der Waals surface area contributed by atoms with Gasteiger partial charge in [-0.25, -0.2) is 0 Å². The van der Waals surface area contributed by atoms with E-state index >= 15 is 0 Å². The van der Waals surface area contributed by atoms with Gasteiger partial charge in [-0.1, -0.05) is 13.0 Å². The minimum Gasteiger partial charge on any atom is -0.371 e. The zero-order chi connectivity index (χ0) is 13.7. The first-order valence-electron chi connectivity index (χ1n) is 7.04. The van der Waals surface area contributed by atoms with Gasteiger partial charge in [-0.15, -0.1) is 12.4 Å². The largest absolute Gasteiger partial charge is 0.371 e. The van der Waals surface area contributed by atoms with E-state index in [1.54, 1.807) is 0 Å². The summed E-state index contributed by atoms with van der Waals surface area (Å²) in [5, 5.41) is 2.89. The van der Waals surface area contributed by atoms with Crippen molar-refractivity contribution < 1.29 is 4.79 Å². The summed E-state index contributed by atoms with van der Waals surface area (Å²) in [6, 6.07) is 8.06. The average Bonchev–Trinajstić information content (AvgIpc) is 2.40. The zero-order valence-corrected chi connectivity index (χ0v) is 12.8. The lowest BCUT2D eigenvalue weighted by Crippen LogP contribution is -2.32. The quantitative estimate of drug-likeness (QED) is 0.898. The molecule has 2 rings (SSSR count). The second-order valence-corrected chi connectivity index (χ2v) is 5.31. The first kappa shape index (κ1) is 16.8. The van der Waals surface area contributed by atoms with Crippen LogP contribution in [0.3, 0.4) is 0 Å². The van der Waals surface area contributed by atoms with Gasteiger partial charge in [0.15, 0.2) is 0 Å². The molecule has 112 valence electrons. The van der Waals surface area contributed by atoms with Crippen LogP contribution >= 0.6 is 12.4 Å². The minimum absolute atomic E-state index is 0. The molecule has 0 saturated carbocycles. The normalized spacial score (nSPS) is 15.6. The zero-order valence-electron chi connectivity index (χ0n) is 12.0. The monoisotopic (exact) mass is 297 g/mol. The second kappa shape index (κ2) is 8.12. The van der Waals surface area contributed by atoms with Crippen LogP contribution < -0.4 is 16.0 Å². The fourth-order valence-corrected chi connectivity index (χ4v) is 2.40. The van der Waals surface area contributed by atoms with Gasteiger partial charge in [-0.3, -0.25) is 4.79 Å². The van der Waals surface area contributed by atoms with Gasteiger partial charge in [0.05, 0.1) is 0 Å². The molecule has 1 aromatic rings. The van der Waals surface area contributed by atoms with Crippen molar-refractivity contribution in [3.63, 3.8) is 0 Å². The van der Waals surface area contributed by atoms with Gasteiger partial charge >= 0.3 is 0 Å². The third-order valence-electron chi connectivity index (χ3n) is 3.65. The highest BCUT2D eigenvalue weighted by molar-refractivity contribution is 5.91. The molecule has 1 aromatic carbocycles. The Morgan fingerprint density at radius 3 is 2.75 bits per heavy atom. The number of rotatable bonds is 4.